The van der Waals surface area contributed by atoms with Crippen LogP contribution in [-0.4, -0.2) is 52.8 Å². The highest BCUT2D eigenvalue weighted by molar-refractivity contribution is 5.94. The minimum atomic E-state index is -0.0103. The Morgan fingerprint density at radius 3 is 2.16 bits per heavy atom. The maximum atomic E-state index is 12.5. The van der Waals surface area contributed by atoms with Gasteiger partial charge in [-0.1, -0.05) is 0 Å². The molecule has 0 bridgehead atoms. The van der Waals surface area contributed by atoms with E-state index in [1.807, 2.05) is 12.1 Å². The molecule has 6 nitrogen and oxygen atoms in total. The van der Waals surface area contributed by atoms with Crippen molar-refractivity contribution in [3.05, 3.63) is 59.9 Å². The highest BCUT2D eigenvalue weighted by Gasteiger charge is 2.23. The minimum absolute atomic E-state index is 0.0103. The summed E-state index contributed by atoms with van der Waals surface area (Å²) in [4.78, 5) is 31.4. The fourth-order valence-electron chi connectivity index (χ4n) is 2.75. The Morgan fingerprint density at radius 2 is 1.56 bits per heavy atom. The van der Waals surface area contributed by atoms with Crippen molar-refractivity contribution < 1.29 is 14.3 Å². The summed E-state index contributed by atoms with van der Waals surface area (Å²) >= 11 is 0. The van der Waals surface area contributed by atoms with Crippen molar-refractivity contribution in [1.82, 2.24) is 14.8 Å². The van der Waals surface area contributed by atoms with Crippen LogP contribution in [0.4, 0.5) is 0 Å². The molecular weight excluding hydrogens is 318 g/mol. The van der Waals surface area contributed by atoms with Gasteiger partial charge in [0.15, 0.2) is 0 Å². The largest absolute Gasteiger partial charge is 0.489 e. The van der Waals surface area contributed by atoms with Crippen molar-refractivity contribution in [2.45, 2.75) is 13.5 Å². The third-order valence-electron chi connectivity index (χ3n) is 4.27. The van der Waals surface area contributed by atoms with Crippen LogP contribution in [0.15, 0.2) is 48.8 Å². The highest BCUT2D eigenvalue weighted by atomic mass is 16.5. The summed E-state index contributed by atoms with van der Waals surface area (Å²) in [6, 6.07) is 11.0. The van der Waals surface area contributed by atoms with Gasteiger partial charge in [0.1, 0.15) is 12.4 Å². The van der Waals surface area contributed by atoms with Gasteiger partial charge in [-0.05, 0) is 42.0 Å². The van der Waals surface area contributed by atoms with Crippen molar-refractivity contribution in [1.29, 1.82) is 0 Å². The quantitative estimate of drug-likeness (QED) is 0.854. The first-order valence-electron chi connectivity index (χ1n) is 8.30. The fraction of sp³-hybridized carbons (Fsp3) is 0.316. The molecule has 0 radical (unpaired) electrons. The number of hydrogen-bond acceptors (Lipinski definition) is 4. The number of aromatic nitrogens is 1. The van der Waals surface area contributed by atoms with E-state index in [1.54, 1.807) is 53.4 Å². The summed E-state index contributed by atoms with van der Waals surface area (Å²) in [6.07, 6.45) is 3.46. The lowest BCUT2D eigenvalue weighted by molar-refractivity contribution is -0.130. The standard InChI is InChI=1S/C19H21N3O3/c1-15(23)21-10-12-22(13-11-21)19(24)17-2-4-18(5-3-17)25-14-16-6-8-20-9-7-16/h2-9H,10-14H2,1H3. The average Bonchev–Trinajstić information content (AvgIpc) is 2.67. The zero-order chi connectivity index (χ0) is 17.6. The van der Waals surface area contributed by atoms with Crippen LogP contribution in [0.1, 0.15) is 22.8 Å². The van der Waals surface area contributed by atoms with Crippen LogP contribution < -0.4 is 4.74 Å². The molecule has 130 valence electrons. The van der Waals surface area contributed by atoms with Crippen LogP contribution in [0.2, 0.25) is 0 Å². The van der Waals surface area contributed by atoms with Crippen molar-refractivity contribution in [3.8, 4) is 5.75 Å². The summed E-state index contributed by atoms with van der Waals surface area (Å²) in [7, 11) is 0. The Hall–Kier alpha value is -2.89. The molecule has 3 rings (SSSR count). The van der Waals surface area contributed by atoms with Crippen LogP contribution in [0.3, 0.4) is 0 Å². The Kier molecular flexibility index (Phi) is 5.28. The number of carbonyl (C=O) groups excluding carboxylic acids is 2. The van der Waals surface area contributed by atoms with Gasteiger partial charge in [0.25, 0.3) is 5.91 Å². The van der Waals surface area contributed by atoms with Gasteiger partial charge in [-0.2, -0.15) is 0 Å². The molecule has 6 heteroatoms. The second-order valence-electron chi connectivity index (χ2n) is 5.97. The second kappa shape index (κ2) is 7.79. The third kappa shape index (κ3) is 4.35. The minimum Gasteiger partial charge on any atom is -0.489 e. The molecule has 2 heterocycles. The Morgan fingerprint density at radius 1 is 0.960 bits per heavy atom. The molecule has 2 aromatic rings. The molecule has 0 N–H and O–H groups in total. The van der Waals surface area contributed by atoms with Crippen LogP contribution >= 0.6 is 0 Å². The van der Waals surface area contributed by atoms with Gasteiger partial charge in [0, 0.05) is 51.1 Å². The first-order valence-corrected chi connectivity index (χ1v) is 8.30. The molecule has 1 aliphatic rings. The fourth-order valence-corrected chi connectivity index (χ4v) is 2.75. The van der Waals surface area contributed by atoms with Gasteiger partial charge < -0.3 is 14.5 Å². The summed E-state index contributed by atoms with van der Waals surface area (Å²) < 4.78 is 5.72. The van der Waals surface area contributed by atoms with Crippen molar-refractivity contribution >= 4 is 11.8 Å². The lowest BCUT2D eigenvalue weighted by Gasteiger charge is -2.34. The molecule has 1 aromatic heterocycles. The van der Waals surface area contributed by atoms with E-state index < -0.39 is 0 Å². The van der Waals surface area contributed by atoms with Gasteiger partial charge in [0.05, 0.1) is 0 Å². The number of hydrogen-bond donors (Lipinski definition) is 0. The first kappa shape index (κ1) is 17.0. The smallest absolute Gasteiger partial charge is 0.253 e. The van der Waals surface area contributed by atoms with Crippen LogP contribution in [0.5, 0.6) is 5.75 Å². The number of benzene rings is 1. The SMILES string of the molecule is CC(=O)N1CCN(C(=O)c2ccc(OCc3ccncc3)cc2)CC1. The van der Waals surface area contributed by atoms with E-state index >= 15 is 0 Å². The van der Waals surface area contributed by atoms with Gasteiger partial charge in [-0.3, -0.25) is 14.6 Å². The molecule has 0 saturated carbocycles. The average molecular weight is 339 g/mol. The Bertz CT molecular complexity index is 723. The summed E-state index contributed by atoms with van der Waals surface area (Å²) in [5, 5.41) is 0. The van der Waals surface area contributed by atoms with Gasteiger partial charge in [0.2, 0.25) is 5.91 Å². The number of nitrogens with zero attached hydrogens (tertiary/aromatic N) is 3. The lowest BCUT2D eigenvalue weighted by atomic mass is 10.1. The second-order valence-corrected chi connectivity index (χ2v) is 5.97. The molecule has 2 amide bonds. The molecule has 1 saturated heterocycles. The molecule has 0 unspecified atom stereocenters. The molecule has 0 aliphatic carbocycles. The van der Waals surface area contributed by atoms with E-state index in [0.717, 1.165) is 11.3 Å². The first-order chi connectivity index (χ1) is 12.1. The molecule has 0 atom stereocenters. The van der Waals surface area contributed by atoms with Crippen molar-refractivity contribution in [3.63, 3.8) is 0 Å². The number of ether oxygens (including phenoxy) is 1. The molecular formula is C19H21N3O3. The van der Waals surface area contributed by atoms with E-state index in [-0.39, 0.29) is 11.8 Å². The zero-order valence-corrected chi connectivity index (χ0v) is 14.2. The maximum Gasteiger partial charge on any atom is 0.253 e. The van der Waals surface area contributed by atoms with Gasteiger partial charge in [-0.15, -0.1) is 0 Å². The predicted molar refractivity (Wildman–Crippen MR) is 93.2 cm³/mol. The van der Waals surface area contributed by atoms with Gasteiger partial charge >= 0.3 is 0 Å². The topological polar surface area (TPSA) is 62.7 Å². The number of piperazine rings is 1. The number of pyridine rings is 1. The van der Waals surface area contributed by atoms with Crippen LogP contribution in [0, 0.1) is 0 Å². The zero-order valence-electron chi connectivity index (χ0n) is 14.2. The van der Waals surface area contributed by atoms with E-state index in [0.29, 0.717) is 38.3 Å². The summed E-state index contributed by atoms with van der Waals surface area (Å²) in [5.41, 5.74) is 1.67. The third-order valence-corrected chi connectivity index (χ3v) is 4.27. The molecule has 1 aliphatic heterocycles. The molecule has 0 spiro atoms. The van der Waals surface area contributed by atoms with Crippen LogP contribution in [-0.2, 0) is 11.4 Å². The predicted octanol–water partition coefficient (Wildman–Crippen LogP) is 1.96. The van der Waals surface area contributed by atoms with Gasteiger partial charge in [-0.25, -0.2) is 0 Å². The maximum absolute atomic E-state index is 12.5. The monoisotopic (exact) mass is 339 g/mol. The van der Waals surface area contributed by atoms with E-state index in [1.165, 1.54) is 0 Å². The van der Waals surface area contributed by atoms with E-state index in [2.05, 4.69) is 4.98 Å². The van der Waals surface area contributed by atoms with Crippen molar-refractivity contribution in [2.75, 3.05) is 26.2 Å². The Balaban J connectivity index is 1.55. The Labute approximate surface area is 147 Å². The highest BCUT2D eigenvalue weighted by Crippen LogP contribution is 2.16. The number of amides is 2. The summed E-state index contributed by atoms with van der Waals surface area (Å²) in [5.74, 6) is 0.765. The molecule has 1 fully saturated rings. The van der Waals surface area contributed by atoms with Crippen molar-refractivity contribution in [2.24, 2.45) is 0 Å². The summed E-state index contributed by atoms with van der Waals surface area (Å²) in [6.45, 7) is 4.34. The van der Waals surface area contributed by atoms with E-state index in [9.17, 15) is 9.59 Å². The molecule has 25 heavy (non-hydrogen) atoms. The number of carbonyl (C=O) groups is 2. The van der Waals surface area contributed by atoms with E-state index in [4.69, 9.17) is 4.74 Å². The number of rotatable bonds is 4. The van der Waals surface area contributed by atoms with Crippen LogP contribution in [0.25, 0.3) is 0 Å². The normalized spacial score (nSPS) is 14.3. The lowest BCUT2D eigenvalue weighted by Crippen LogP contribution is -2.50. The molecule has 1 aromatic carbocycles.